The van der Waals surface area contributed by atoms with Crippen LogP contribution in [0.3, 0.4) is 0 Å². The number of hydrogen-bond acceptors (Lipinski definition) is 3. The Morgan fingerprint density at radius 3 is 2.37 bits per heavy atom. The SMILES string of the molecule is CCNC(CN(C)CCC(F)(F)F)(C(N)=O)C1CC1. The van der Waals surface area contributed by atoms with Gasteiger partial charge in [0.2, 0.25) is 5.91 Å². The highest BCUT2D eigenvalue weighted by Gasteiger charge is 2.49. The van der Waals surface area contributed by atoms with Crippen LogP contribution < -0.4 is 11.1 Å². The van der Waals surface area contributed by atoms with Crippen molar-refractivity contribution in [2.75, 3.05) is 26.7 Å². The molecule has 19 heavy (non-hydrogen) atoms. The molecule has 7 heteroatoms. The number of nitrogens with two attached hydrogens (primary N) is 1. The van der Waals surface area contributed by atoms with Gasteiger partial charge in [-0.3, -0.25) is 4.79 Å². The summed E-state index contributed by atoms with van der Waals surface area (Å²) in [6.07, 6.45) is -3.28. The number of nitrogens with zero attached hydrogens (tertiary/aromatic N) is 1. The molecule has 0 bridgehead atoms. The standard InChI is InChI=1S/C12H22F3N3O/c1-3-17-11(10(16)19,9-4-5-9)8-18(2)7-6-12(13,14)15/h9,17H,3-8H2,1-2H3,(H2,16,19). The summed E-state index contributed by atoms with van der Waals surface area (Å²) in [5, 5.41) is 3.09. The molecule has 1 atom stereocenters. The van der Waals surface area contributed by atoms with Crippen LogP contribution in [-0.4, -0.2) is 49.2 Å². The lowest BCUT2D eigenvalue weighted by atomic mass is 9.91. The third kappa shape index (κ3) is 4.65. The van der Waals surface area contributed by atoms with E-state index in [0.717, 1.165) is 12.8 Å². The molecular weight excluding hydrogens is 259 g/mol. The van der Waals surface area contributed by atoms with Crippen molar-refractivity contribution in [3.63, 3.8) is 0 Å². The minimum atomic E-state index is -4.18. The second-order valence-corrected chi connectivity index (χ2v) is 5.24. The summed E-state index contributed by atoms with van der Waals surface area (Å²) in [6, 6.07) is 0. The zero-order valence-electron chi connectivity index (χ0n) is 11.4. The molecule has 0 saturated heterocycles. The van der Waals surface area contributed by atoms with Gasteiger partial charge in [-0.25, -0.2) is 0 Å². The first-order valence-corrected chi connectivity index (χ1v) is 6.51. The highest BCUT2D eigenvalue weighted by Crippen LogP contribution is 2.40. The van der Waals surface area contributed by atoms with E-state index < -0.39 is 24.0 Å². The van der Waals surface area contributed by atoms with Gasteiger partial charge in [0, 0.05) is 13.1 Å². The third-order valence-corrected chi connectivity index (χ3v) is 3.50. The number of rotatable bonds is 8. The first-order valence-electron chi connectivity index (χ1n) is 6.51. The zero-order valence-corrected chi connectivity index (χ0v) is 11.4. The van der Waals surface area contributed by atoms with Crippen LogP contribution in [0, 0.1) is 5.92 Å². The van der Waals surface area contributed by atoms with Crippen LogP contribution in [0.15, 0.2) is 0 Å². The maximum atomic E-state index is 12.2. The highest BCUT2D eigenvalue weighted by atomic mass is 19.4. The first kappa shape index (κ1) is 16.2. The lowest BCUT2D eigenvalue weighted by Crippen LogP contribution is -2.62. The molecule has 1 saturated carbocycles. The Labute approximate surface area is 111 Å². The zero-order chi connectivity index (χ0) is 14.7. The molecule has 0 heterocycles. The molecule has 1 aliphatic carbocycles. The van der Waals surface area contributed by atoms with Gasteiger partial charge in [0.1, 0.15) is 5.54 Å². The van der Waals surface area contributed by atoms with Crippen molar-refractivity contribution in [3.8, 4) is 0 Å². The van der Waals surface area contributed by atoms with Crippen molar-refractivity contribution in [1.29, 1.82) is 0 Å². The molecule has 112 valence electrons. The van der Waals surface area contributed by atoms with E-state index in [1.165, 1.54) is 4.90 Å². The van der Waals surface area contributed by atoms with Gasteiger partial charge in [-0.05, 0) is 32.4 Å². The average molecular weight is 281 g/mol. The van der Waals surface area contributed by atoms with Gasteiger partial charge in [-0.15, -0.1) is 0 Å². The van der Waals surface area contributed by atoms with Crippen molar-refractivity contribution in [1.82, 2.24) is 10.2 Å². The van der Waals surface area contributed by atoms with Crippen LogP contribution in [0.1, 0.15) is 26.2 Å². The Bertz CT molecular complexity index is 318. The molecule has 0 spiro atoms. The minimum absolute atomic E-state index is 0.128. The Balaban J connectivity index is 2.64. The van der Waals surface area contributed by atoms with Crippen LogP contribution in [0.5, 0.6) is 0 Å². The second kappa shape index (κ2) is 6.09. The second-order valence-electron chi connectivity index (χ2n) is 5.24. The van der Waals surface area contributed by atoms with E-state index in [9.17, 15) is 18.0 Å². The predicted molar refractivity (Wildman–Crippen MR) is 66.5 cm³/mol. The summed E-state index contributed by atoms with van der Waals surface area (Å²) in [5.74, 6) is -0.339. The normalized spacial score (nSPS) is 19.5. The van der Waals surface area contributed by atoms with Gasteiger partial charge in [0.25, 0.3) is 0 Å². The lowest BCUT2D eigenvalue weighted by Gasteiger charge is -2.35. The number of likely N-dealkylation sites (N-methyl/N-ethyl adjacent to an activating group) is 2. The molecule has 0 radical (unpaired) electrons. The molecule has 1 rings (SSSR count). The Kier molecular flexibility index (Phi) is 5.20. The van der Waals surface area contributed by atoms with E-state index in [1.54, 1.807) is 7.05 Å². The molecule has 1 fully saturated rings. The molecule has 1 aliphatic rings. The number of carbonyl (C=O) groups is 1. The van der Waals surface area contributed by atoms with Crippen LogP contribution in [-0.2, 0) is 4.79 Å². The summed E-state index contributed by atoms with van der Waals surface area (Å²) < 4.78 is 36.6. The molecule has 0 aromatic carbocycles. The number of amides is 1. The van der Waals surface area contributed by atoms with E-state index in [0.29, 0.717) is 6.54 Å². The monoisotopic (exact) mass is 281 g/mol. The summed E-state index contributed by atoms with van der Waals surface area (Å²) in [4.78, 5) is 13.3. The van der Waals surface area contributed by atoms with Crippen LogP contribution >= 0.6 is 0 Å². The van der Waals surface area contributed by atoms with Crippen molar-refractivity contribution in [2.24, 2.45) is 11.7 Å². The molecular formula is C12H22F3N3O. The summed E-state index contributed by atoms with van der Waals surface area (Å²) in [5.41, 5.74) is 4.58. The number of hydrogen-bond donors (Lipinski definition) is 2. The van der Waals surface area contributed by atoms with Gasteiger partial charge in [0.05, 0.1) is 6.42 Å². The Morgan fingerprint density at radius 1 is 1.42 bits per heavy atom. The third-order valence-electron chi connectivity index (χ3n) is 3.50. The van der Waals surface area contributed by atoms with Crippen molar-refractivity contribution >= 4 is 5.91 Å². The van der Waals surface area contributed by atoms with E-state index in [4.69, 9.17) is 5.73 Å². The number of nitrogens with one attached hydrogen (secondary N) is 1. The van der Waals surface area contributed by atoms with E-state index >= 15 is 0 Å². The molecule has 0 aliphatic heterocycles. The van der Waals surface area contributed by atoms with Gasteiger partial charge in [-0.2, -0.15) is 13.2 Å². The van der Waals surface area contributed by atoms with Gasteiger partial charge < -0.3 is 16.0 Å². The quantitative estimate of drug-likeness (QED) is 0.701. The average Bonchev–Trinajstić information content (AvgIpc) is 3.08. The predicted octanol–water partition coefficient (Wildman–Crippen LogP) is 1.11. The number of alkyl halides is 3. The first-order chi connectivity index (χ1) is 8.71. The maximum Gasteiger partial charge on any atom is 0.390 e. The van der Waals surface area contributed by atoms with Crippen LogP contribution in [0.4, 0.5) is 13.2 Å². The van der Waals surface area contributed by atoms with Gasteiger partial charge >= 0.3 is 6.18 Å². The fraction of sp³-hybridized carbons (Fsp3) is 0.917. The fourth-order valence-electron chi connectivity index (χ4n) is 2.41. The van der Waals surface area contributed by atoms with E-state index in [-0.39, 0.29) is 19.0 Å². The minimum Gasteiger partial charge on any atom is -0.368 e. The van der Waals surface area contributed by atoms with Crippen molar-refractivity contribution in [3.05, 3.63) is 0 Å². The maximum absolute atomic E-state index is 12.2. The van der Waals surface area contributed by atoms with Crippen molar-refractivity contribution < 1.29 is 18.0 Å². The Morgan fingerprint density at radius 2 is 2.00 bits per heavy atom. The van der Waals surface area contributed by atoms with Crippen LogP contribution in [0.25, 0.3) is 0 Å². The van der Waals surface area contributed by atoms with E-state index in [1.807, 2.05) is 6.92 Å². The molecule has 0 aromatic rings. The molecule has 4 nitrogen and oxygen atoms in total. The van der Waals surface area contributed by atoms with Crippen molar-refractivity contribution in [2.45, 2.75) is 37.9 Å². The lowest BCUT2D eigenvalue weighted by molar-refractivity contribution is -0.138. The number of halogens is 3. The number of primary amides is 1. The topological polar surface area (TPSA) is 58.4 Å². The molecule has 0 aromatic heterocycles. The summed E-state index contributed by atoms with van der Waals surface area (Å²) in [6.45, 7) is 2.51. The van der Waals surface area contributed by atoms with Crippen LogP contribution in [0.2, 0.25) is 0 Å². The molecule has 3 N–H and O–H groups in total. The summed E-state index contributed by atoms with van der Waals surface area (Å²) in [7, 11) is 1.59. The Hall–Kier alpha value is -0.820. The largest absolute Gasteiger partial charge is 0.390 e. The molecule has 1 unspecified atom stereocenters. The smallest absolute Gasteiger partial charge is 0.368 e. The van der Waals surface area contributed by atoms with E-state index in [2.05, 4.69) is 5.32 Å². The summed E-state index contributed by atoms with van der Waals surface area (Å²) >= 11 is 0. The molecule has 1 amide bonds. The van der Waals surface area contributed by atoms with Gasteiger partial charge in [-0.1, -0.05) is 6.92 Å². The highest BCUT2D eigenvalue weighted by molar-refractivity contribution is 5.86. The number of carbonyl (C=O) groups excluding carboxylic acids is 1. The van der Waals surface area contributed by atoms with Gasteiger partial charge in [0.15, 0.2) is 0 Å². The fourth-order valence-corrected chi connectivity index (χ4v) is 2.41.